The maximum Gasteiger partial charge on any atom is 0.262 e. The van der Waals surface area contributed by atoms with Gasteiger partial charge < -0.3 is 5.32 Å². The van der Waals surface area contributed by atoms with Crippen LogP contribution in [0.25, 0.3) is 10.9 Å². The van der Waals surface area contributed by atoms with Crippen LogP contribution in [0.15, 0.2) is 52.4 Å². The number of nitrogens with zero attached hydrogens (tertiary/aromatic N) is 2. The molecule has 0 fully saturated rings. The highest BCUT2D eigenvalue weighted by atomic mass is 32.2. The molecule has 2 aromatic carbocycles. The number of amides is 1. The Kier molecular flexibility index (Phi) is 6.08. The van der Waals surface area contributed by atoms with Gasteiger partial charge in [-0.2, -0.15) is 0 Å². The summed E-state index contributed by atoms with van der Waals surface area (Å²) < 4.78 is 27.9. The molecule has 0 aliphatic carbocycles. The second-order valence-electron chi connectivity index (χ2n) is 6.31. The predicted octanol–water partition coefficient (Wildman–Crippen LogP) is 4.38. The Labute approximate surface area is 164 Å². The molecule has 1 N–H and O–H groups in total. The number of carbonyl (C=O) groups excluding carboxylic acids is 1. The van der Waals surface area contributed by atoms with Crippen molar-refractivity contribution in [2.45, 2.75) is 31.5 Å². The van der Waals surface area contributed by atoms with E-state index in [0.717, 1.165) is 30.3 Å². The second-order valence-corrected chi connectivity index (χ2v) is 7.25. The third kappa shape index (κ3) is 4.22. The number of rotatable bonds is 6. The molecule has 1 amide bonds. The minimum absolute atomic E-state index is 0.0276. The number of aromatic nitrogens is 2. The highest BCUT2D eigenvalue weighted by Gasteiger charge is 2.17. The maximum atomic E-state index is 13.3. The van der Waals surface area contributed by atoms with E-state index in [-0.39, 0.29) is 23.0 Å². The first kappa shape index (κ1) is 20.0. The van der Waals surface area contributed by atoms with Crippen LogP contribution in [0, 0.1) is 11.6 Å². The van der Waals surface area contributed by atoms with Crippen LogP contribution in [-0.2, 0) is 4.79 Å². The topological polar surface area (TPSA) is 64.0 Å². The van der Waals surface area contributed by atoms with Gasteiger partial charge in [-0.05, 0) is 37.6 Å². The Bertz CT molecular complexity index is 1080. The van der Waals surface area contributed by atoms with Gasteiger partial charge in [-0.25, -0.2) is 13.8 Å². The van der Waals surface area contributed by atoms with Crippen molar-refractivity contribution in [2.24, 2.45) is 0 Å². The Morgan fingerprint density at radius 3 is 2.68 bits per heavy atom. The first-order valence-corrected chi connectivity index (χ1v) is 9.78. The quantitative estimate of drug-likeness (QED) is 0.490. The summed E-state index contributed by atoms with van der Waals surface area (Å²) in [7, 11) is 0. The van der Waals surface area contributed by atoms with Gasteiger partial charge in [0.15, 0.2) is 16.8 Å². The number of thioether (sulfide) groups is 1. The highest BCUT2D eigenvalue weighted by Crippen LogP contribution is 2.23. The van der Waals surface area contributed by atoms with E-state index in [1.165, 1.54) is 6.07 Å². The molecule has 0 unspecified atom stereocenters. The van der Waals surface area contributed by atoms with Crippen molar-refractivity contribution < 1.29 is 13.6 Å². The van der Waals surface area contributed by atoms with Crippen LogP contribution in [0.4, 0.5) is 14.5 Å². The van der Waals surface area contributed by atoms with Crippen molar-refractivity contribution >= 4 is 34.3 Å². The lowest BCUT2D eigenvalue weighted by atomic mass is 10.2. The first-order chi connectivity index (χ1) is 13.4. The van der Waals surface area contributed by atoms with Crippen molar-refractivity contribution in [1.82, 2.24) is 9.55 Å². The molecule has 1 atom stereocenters. The molecule has 28 heavy (non-hydrogen) atoms. The van der Waals surface area contributed by atoms with Gasteiger partial charge in [0.1, 0.15) is 0 Å². The second kappa shape index (κ2) is 8.52. The number of nitrogens with one attached hydrogen (secondary N) is 1. The average molecular weight is 403 g/mol. The van der Waals surface area contributed by atoms with E-state index in [4.69, 9.17) is 0 Å². The summed E-state index contributed by atoms with van der Waals surface area (Å²) in [6, 6.07) is 10.1. The molecular formula is C20H19F2N3O2S. The van der Waals surface area contributed by atoms with Crippen molar-refractivity contribution in [1.29, 1.82) is 0 Å². The third-order valence-corrected chi connectivity index (χ3v) is 5.30. The summed E-state index contributed by atoms with van der Waals surface area (Å²) in [5, 5.41) is 3.48. The lowest BCUT2D eigenvalue weighted by molar-refractivity contribution is -0.113. The van der Waals surface area contributed by atoms with E-state index in [1.54, 1.807) is 28.8 Å². The Morgan fingerprint density at radius 2 is 1.96 bits per heavy atom. The minimum atomic E-state index is -1.03. The lowest BCUT2D eigenvalue weighted by Crippen LogP contribution is -2.26. The molecule has 146 valence electrons. The van der Waals surface area contributed by atoms with Gasteiger partial charge in [0.05, 0.1) is 16.7 Å². The Hall–Kier alpha value is -2.74. The van der Waals surface area contributed by atoms with Gasteiger partial charge >= 0.3 is 0 Å². The fraction of sp³-hybridized carbons (Fsp3) is 0.250. The van der Waals surface area contributed by atoms with Crippen LogP contribution in [0.3, 0.4) is 0 Å². The molecule has 1 heterocycles. The number of hydrogen-bond acceptors (Lipinski definition) is 4. The fourth-order valence-corrected chi connectivity index (χ4v) is 3.60. The predicted molar refractivity (Wildman–Crippen MR) is 107 cm³/mol. The summed E-state index contributed by atoms with van der Waals surface area (Å²) in [4.78, 5) is 29.7. The average Bonchev–Trinajstić information content (AvgIpc) is 2.69. The lowest BCUT2D eigenvalue weighted by Gasteiger charge is -2.18. The molecule has 0 saturated carbocycles. The number of halogens is 2. The number of fused-ring (bicyclic) bond motifs is 1. The summed E-state index contributed by atoms with van der Waals surface area (Å²) >= 11 is 1.13. The molecule has 0 spiro atoms. The maximum absolute atomic E-state index is 13.3. The Balaban J connectivity index is 1.83. The van der Waals surface area contributed by atoms with Crippen LogP contribution >= 0.6 is 11.8 Å². The molecule has 3 aromatic rings. The van der Waals surface area contributed by atoms with Crippen molar-refractivity contribution in [3.8, 4) is 0 Å². The van der Waals surface area contributed by atoms with E-state index < -0.39 is 17.5 Å². The summed E-state index contributed by atoms with van der Waals surface area (Å²) in [6.07, 6.45) is 0.731. The number of carbonyl (C=O) groups is 1. The zero-order valence-electron chi connectivity index (χ0n) is 15.4. The summed E-state index contributed by atoms with van der Waals surface area (Å²) in [5.74, 6) is -2.45. The SMILES string of the molecule is CC[C@@H](C)n1c(SCC(=O)Nc2ccc(F)c(F)c2)nc2ccccc2c1=O. The van der Waals surface area contributed by atoms with Gasteiger partial charge in [-0.15, -0.1) is 0 Å². The molecule has 0 radical (unpaired) electrons. The molecule has 0 aliphatic heterocycles. The highest BCUT2D eigenvalue weighted by molar-refractivity contribution is 7.99. The van der Waals surface area contributed by atoms with Crippen LogP contribution in [0.1, 0.15) is 26.3 Å². The van der Waals surface area contributed by atoms with Crippen LogP contribution in [0.2, 0.25) is 0 Å². The molecular weight excluding hydrogens is 384 g/mol. The molecule has 8 heteroatoms. The van der Waals surface area contributed by atoms with Gasteiger partial charge in [-0.3, -0.25) is 14.2 Å². The molecule has 5 nitrogen and oxygen atoms in total. The summed E-state index contributed by atoms with van der Waals surface area (Å²) in [6.45, 7) is 3.89. The van der Waals surface area contributed by atoms with Gasteiger partial charge in [0.2, 0.25) is 5.91 Å². The number of para-hydroxylation sites is 1. The zero-order chi connectivity index (χ0) is 20.3. The van der Waals surface area contributed by atoms with E-state index in [2.05, 4.69) is 10.3 Å². The molecule has 3 rings (SSSR count). The van der Waals surface area contributed by atoms with Crippen molar-refractivity contribution in [3.63, 3.8) is 0 Å². The number of anilines is 1. The normalized spacial score (nSPS) is 12.1. The number of hydrogen-bond donors (Lipinski definition) is 1. The Morgan fingerprint density at radius 1 is 1.21 bits per heavy atom. The summed E-state index contributed by atoms with van der Waals surface area (Å²) in [5.41, 5.74) is 0.578. The standard InChI is InChI=1S/C20H19F2N3O2S/c1-3-12(2)25-19(27)14-6-4-5-7-17(14)24-20(25)28-11-18(26)23-13-8-9-15(21)16(22)10-13/h4-10,12H,3,11H2,1-2H3,(H,23,26)/t12-/m1/s1. The molecule has 1 aromatic heterocycles. The largest absolute Gasteiger partial charge is 0.325 e. The molecule has 0 bridgehead atoms. The van der Waals surface area contributed by atoms with E-state index in [1.807, 2.05) is 13.8 Å². The molecule has 0 aliphatic rings. The monoisotopic (exact) mass is 403 g/mol. The number of benzene rings is 2. The van der Waals surface area contributed by atoms with Crippen LogP contribution < -0.4 is 10.9 Å². The molecule has 0 saturated heterocycles. The van der Waals surface area contributed by atoms with E-state index >= 15 is 0 Å². The van der Waals surface area contributed by atoms with Gasteiger partial charge in [0.25, 0.3) is 5.56 Å². The van der Waals surface area contributed by atoms with Crippen LogP contribution in [0.5, 0.6) is 0 Å². The zero-order valence-corrected chi connectivity index (χ0v) is 16.2. The minimum Gasteiger partial charge on any atom is -0.325 e. The van der Waals surface area contributed by atoms with E-state index in [9.17, 15) is 18.4 Å². The fourth-order valence-electron chi connectivity index (χ4n) is 2.70. The first-order valence-electron chi connectivity index (χ1n) is 8.79. The van der Waals surface area contributed by atoms with Gasteiger partial charge in [-0.1, -0.05) is 30.8 Å². The van der Waals surface area contributed by atoms with Crippen molar-refractivity contribution in [3.05, 3.63) is 64.5 Å². The van der Waals surface area contributed by atoms with E-state index in [0.29, 0.717) is 16.1 Å². The van der Waals surface area contributed by atoms with Crippen molar-refractivity contribution in [2.75, 3.05) is 11.1 Å². The smallest absolute Gasteiger partial charge is 0.262 e. The van der Waals surface area contributed by atoms with Gasteiger partial charge in [0, 0.05) is 17.8 Å². The van der Waals surface area contributed by atoms with Crippen LogP contribution in [-0.4, -0.2) is 21.2 Å². The third-order valence-electron chi connectivity index (χ3n) is 4.34.